The van der Waals surface area contributed by atoms with E-state index < -0.39 is 0 Å². The molecule has 2 heterocycles. The van der Waals surface area contributed by atoms with Crippen LogP contribution >= 0.6 is 35.0 Å². The van der Waals surface area contributed by atoms with E-state index in [-0.39, 0.29) is 17.6 Å². The van der Waals surface area contributed by atoms with Crippen molar-refractivity contribution in [2.45, 2.75) is 17.5 Å². The third-order valence-corrected chi connectivity index (χ3v) is 6.31. The quantitative estimate of drug-likeness (QED) is 0.347. The molecule has 0 radical (unpaired) electrons. The minimum atomic E-state index is -0.0604. The molecule has 0 atom stereocenters. The number of nitrogens with zero attached hydrogens (tertiary/aromatic N) is 3. The number of thioether (sulfide) groups is 1. The van der Waals surface area contributed by atoms with Crippen molar-refractivity contribution in [3.8, 4) is 0 Å². The Labute approximate surface area is 194 Å². The number of halogens is 2. The second-order valence-corrected chi connectivity index (χ2v) is 8.77. The van der Waals surface area contributed by atoms with Gasteiger partial charge in [-0.15, -0.1) is 10.2 Å². The number of nitrogens with one attached hydrogen (secondary N) is 1. The van der Waals surface area contributed by atoms with Crippen LogP contribution in [0.3, 0.4) is 0 Å². The lowest BCUT2D eigenvalue weighted by Gasteiger charge is -2.18. The van der Waals surface area contributed by atoms with Crippen molar-refractivity contribution in [3.05, 3.63) is 94.1 Å². The van der Waals surface area contributed by atoms with Crippen LogP contribution < -0.4 is 5.32 Å². The highest BCUT2D eigenvalue weighted by Gasteiger charge is 2.15. The molecule has 31 heavy (non-hydrogen) atoms. The largest absolute Gasteiger partial charge is 0.355 e. The predicted molar refractivity (Wildman–Crippen MR) is 126 cm³/mol. The van der Waals surface area contributed by atoms with Gasteiger partial charge >= 0.3 is 0 Å². The molecule has 8 heteroatoms. The smallest absolute Gasteiger partial charge is 0.230 e. The Morgan fingerprint density at radius 1 is 1.00 bits per heavy atom. The molecule has 0 bridgehead atoms. The Balaban J connectivity index is 1.35. The summed E-state index contributed by atoms with van der Waals surface area (Å²) in [6, 6.07) is 22.3. The van der Waals surface area contributed by atoms with Crippen LogP contribution in [0.2, 0.25) is 10.0 Å². The number of hydrogen-bond acceptors (Lipinski definition) is 4. The van der Waals surface area contributed by atoms with Crippen molar-refractivity contribution < 1.29 is 4.79 Å². The van der Waals surface area contributed by atoms with Crippen LogP contribution in [0.1, 0.15) is 23.5 Å². The second-order valence-electron chi connectivity index (χ2n) is 6.98. The number of benzene rings is 2. The molecule has 0 fully saturated rings. The summed E-state index contributed by atoms with van der Waals surface area (Å²) in [4.78, 5) is 12.4. The van der Waals surface area contributed by atoms with Crippen molar-refractivity contribution in [2.75, 3.05) is 12.3 Å². The summed E-state index contributed by atoms with van der Waals surface area (Å²) in [6.45, 7) is 0.575. The average Bonchev–Trinajstić information content (AvgIpc) is 3.19. The lowest BCUT2D eigenvalue weighted by molar-refractivity contribution is -0.118. The second kappa shape index (κ2) is 10.2. The highest BCUT2D eigenvalue weighted by Crippen LogP contribution is 2.28. The van der Waals surface area contributed by atoms with Gasteiger partial charge in [-0.2, -0.15) is 0 Å². The van der Waals surface area contributed by atoms with Crippen LogP contribution in [-0.4, -0.2) is 32.8 Å². The van der Waals surface area contributed by atoms with Crippen LogP contribution in [0.5, 0.6) is 0 Å². The summed E-state index contributed by atoms with van der Waals surface area (Å²) in [7, 11) is 0. The van der Waals surface area contributed by atoms with Crippen LogP contribution in [0.4, 0.5) is 0 Å². The third kappa shape index (κ3) is 5.39. The molecule has 1 amide bonds. The van der Waals surface area contributed by atoms with Gasteiger partial charge in [0.25, 0.3) is 0 Å². The Morgan fingerprint density at radius 3 is 2.29 bits per heavy atom. The molecule has 4 rings (SSSR count). The molecule has 2 aromatic carbocycles. The van der Waals surface area contributed by atoms with Crippen LogP contribution in [0, 0.1) is 0 Å². The summed E-state index contributed by atoms with van der Waals surface area (Å²) in [6.07, 6.45) is 2.50. The first-order chi connectivity index (χ1) is 15.1. The molecule has 1 N–H and O–H groups in total. The predicted octanol–water partition coefficient (Wildman–Crippen LogP) is 5.47. The highest BCUT2D eigenvalue weighted by molar-refractivity contribution is 7.99. The molecule has 0 aliphatic rings. The van der Waals surface area contributed by atoms with Crippen LogP contribution in [0.25, 0.3) is 5.65 Å². The summed E-state index contributed by atoms with van der Waals surface area (Å²) in [5.74, 6) is 0.390. The van der Waals surface area contributed by atoms with E-state index in [9.17, 15) is 4.79 Å². The van der Waals surface area contributed by atoms with E-state index in [2.05, 4.69) is 39.8 Å². The molecule has 0 unspecified atom stereocenters. The fourth-order valence-electron chi connectivity index (χ4n) is 3.43. The van der Waals surface area contributed by atoms with E-state index in [1.165, 1.54) is 22.9 Å². The van der Waals surface area contributed by atoms with Crippen molar-refractivity contribution in [1.29, 1.82) is 0 Å². The molecule has 4 aromatic rings. The summed E-state index contributed by atoms with van der Waals surface area (Å²) in [5, 5.41) is 12.7. The lowest BCUT2D eigenvalue weighted by atomic mass is 9.88. The van der Waals surface area contributed by atoms with Gasteiger partial charge in [0.2, 0.25) is 5.91 Å². The summed E-state index contributed by atoms with van der Waals surface area (Å²) in [5.41, 5.74) is 2.99. The van der Waals surface area contributed by atoms with E-state index >= 15 is 0 Å². The third-order valence-electron chi connectivity index (χ3n) is 4.89. The molecule has 0 saturated heterocycles. The average molecular weight is 471 g/mol. The first-order valence-corrected chi connectivity index (χ1v) is 11.5. The van der Waals surface area contributed by atoms with Gasteiger partial charge in [-0.3, -0.25) is 9.20 Å². The van der Waals surface area contributed by atoms with Gasteiger partial charge in [0.15, 0.2) is 10.8 Å². The fourth-order valence-corrected chi connectivity index (χ4v) is 4.68. The van der Waals surface area contributed by atoms with Gasteiger partial charge in [0, 0.05) is 18.7 Å². The minimum absolute atomic E-state index is 0.0604. The number of fused-ring (bicyclic) bond motifs is 1. The topological polar surface area (TPSA) is 59.3 Å². The Bertz CT molecular complexity index is 1130. The first-order valence-electron chi connectivity index (χ1n) is 9.81. The van der Waals surface area contributed by atoms with E-state index in [0.717, 1.165) is 6.42 Å². The van der Waals surface area contributed by atoms with Gasteiger partial charge in [-0.05, 0) is 23.6 Å². The van der Waals surface area contributed by atoms with Gasteiger partial charge in [0.05, 0.1) is 15.8 Å². The Morgan fingerprint density at radius 2 is 1.65 bits per heavy atom. The SMILES string of the molecule is O=C(CSc1nnc2c(Cl)cc(Cl)cn12)NCCC(c1ccccc1)c1ccccc1. The molecule has 0 aliphatic heterocycles. The van der Waals surface area contributed by atoms with E-state index in [4.69, 9.17) is 23.2 Å². The number of carbonyl (C=O) groups is 1. The van der Waals surface area contributed by atoms with E-state index in [1.54, 1.807) is 16.7 Å². The van der Waals surface area contributed by atoms with Gasteiger partial charge < -0.3 is 5.32 Å². The maximum Gasteiger partial charge on any atom is 0.230 e. The molecule has 158 valence electrons. The van der Waals surface area contributed by atoms with Crippen molar-refractivity contribution >= 4 is 46.5 Å². The molecule has 0 spiro atoms. The molecule has 0 aliphatic carbocycles. The van der Waals surface area contributed by atoms with E-state index in [1.807, 2.05) is 36.4 Å². The minimum Gasteiger partial charge on any atom is -0.355 e. The number of rotatable bonds is 8. The van der Waals surface area contributed by atoms with Gasteiger partial charge in [0.1, 0.15) is 0 Å². The van der Waals surface area contributed by atoms with Crippen molar-refractivity contribution in [1.82, 2.24) is 19.9 Å². The molecule has 5 nitrogen and oxygen atoms in total. The summed E-state index contributed by atoms with van der Waals surface area (Å²) >= 11 is 13.5. The lowest BCUT2D eigenvalue weighted by Crippen LogP contribution is -2.27. The Kier molecular flexibility index (Phi) is 7.12. The monoisotopic (exact) mass is 470 g/mol. The number of amides is 1. The summed E-state index contributed by atoms with van der Waals surface area (Å²) < 4.78 is 1.70. The fraction of sp³-hybridized carbons (Fsp3) is 0.174. The molecule has 0 saturated carbocycles. The van der Waals surface area contributed by atoms with Gasteiger partial charge in [-0.1, -0.05) is 95.6 Å². The number of hydrogen-bond donors (Lipinski definition) is 1. The van der Waals surface area contributed by atoms with Gasteiger partial charge in [-0.25, -0.2) is 0 Å². The first kappa shape index (κ1) is 21.7. The van der Waals surface area contributed by atoms with Crippen LogP contribution in [0.15, 0.2) is 78.1 Å². The zero-order valence-electron chi connectivity index (χ0n) is 16.5. The number of carbonyl (C=O) groups excluding carboxylic acids is 1. The molecule has 2 aromatic heterocycles. The standard InChI is InChI=1S/C23H20Cl2N4OS/c24-18-13-20(25)22-27-28-23(29(22)14-18)31-15-21(30)26-12-11-19(16-7-3-1-4-8-16)17-9-5-2-6-10-17/h1-10,13-14,19H,11-12,15H2,(H,26,30). The van der Waals surface area contributed by atoms with E-state index in [0.29, 0.717) is 27.4 Å². The normalized spacial score (nSPS) is 11.2. The van der Waals surface area contributed by atoms with Crippen molar-refractivity contribution in [3.63, 3.8) is 0 Å². The zero-order valence-corrected chi connectivity index (χ0v) is 18.9. The van der Waals surface area contributed by atoms with Crippen LogP contribution in [-0.2, 0) is 4.79 Å². The number of pyridine rings is 1. The number of aromatic nitrogens is 3. The van der Waals surface area contributed by atoms with Crippen molar-refractivity contribution in [2.24, 2.45) is 0 Å². The molecular formula is C23H20Cl2N4OS. The zero-order chi connectivity index (χ0) is 21.6. The maximum atomic E-state index is 12.4. The maximum absolute atomic E-state index is 12.4. The Hall–Kier alpha value is -2.54. The molecular weight excluding hydrogens is 451 g/mol. The highest BCUT2D eigenvalue weighted by atomic mass is 35.5.